The van der Waals surface area contributed by atoms with Crippen LogP contribution in [0.1, 0.15) is 53.8 Å². The molecule has 0 aliphatic carbocycles. The Balaban J connectivity index is 1.34. The van der Waals surface area contributed by atoms with Gasteiger partial charge in [-0.25, -0.2) is 18.4 Å². The predicted molar refractivity (Wildman–Crippen MR) is 147 cm³/mol. The molecule has 5 rings (SSSR count). The minimum absolute atomic E-state index is 0.0236. The van der Waals surface area contributed by atoms with E-state index in [2.05, 4.69) is 45.3 Å². The molecule has 1 amide bonds. The molecule has 0 radical (unpaired) electrons. The Morgan fingerprint density at radius 2 is 1.68 bits per heavy atom. The van der Waals surface area contributed by atoms with Gasteiger partial charge in [-0.15, -0.1) is 0 Å². The number of sulfone groups is 1. The van der Waals surface area contributed by atoms with Gasteiger partial charge in [0.2, 0.25) is 5.91 Å². The van der Waals surface area contributed by atoms with Gasteiger partial charge in [-0.05, 0) is 56.9 Å². The van der Waals surface area contributed by atoms with Crippen molar-refractivity contribution in [1.82, 2.24) is 15.3 Å². The third-order valence-electron chi connectivity index (χ3n) is 7.26. The Morgan fingerprint density at radius 3 is 2.34 bits per heavy atom. The van der Waals surface area contributed by atoms with Crippen LogP contribution < -0.4 is 15.1 Å². The van der Waals surface area contributed by atoms with E-state index in [1.807, 2.05) is 24.0 Å². The molecule has 1 atom stereocenters. The maximum absolute atomic E-state index is 13.3. The molecule has 2 aliphatic rings. The number of carbonyl (C=O) groups is 1. The molecule has 4 heterocycles. The van der Waals surface area contributed by atoms with Gasteiger partial charge in [-0.2, -0.15) is 0 Å². The normalized spacial score (nSPS) is 18.3. The van der Waals surface area contributed by atoms with Crippen LogP contribution in [0, 0.1) is 13.8 Å². The highest BCUT2D eigenvalue weighted by molar-refractivity contribution is 7.91. The second kappa shape index (κ2) is 11.1. The molecular formula is C28H35N5O4S. The summed E-state index contributed by atoms with van der Waals surface area (Å²) < 4.78 is 29.4. The number of anilines is 2. The third-order valence-corrected chi connectivity index (χ3v) is 8.87. The molecule has 3 aromatic rings. The lowest BCUT2D eigenvalue weighted by Gasteiger charge is -2.32. The number of aryl methyl sites for hydroxylation is 2. The van der Waals surface area contributed by atoms with E-state index in [-0.39, 0.29) is 23.8 Å². The standard InChI is InChI=1S/C28H35N5O4S/c1-20-6-8-23(24(16-20)33-10-4-3-5-11-33)28(25-9-7-21(2)37-25)31-27(34)17-26-29-18-22(19-30-26)32-12-14-38(35,36)15-13-32/h6-9,16,18-19,28H,3-5,10-15,17H2,1-2H3,(H,31,34). The van der Waals surface area contributed by atoms with Gasteiger partial charge >= 0.3 is 0 Å². The molecule has 9 nitrogen and oxygen atoms in total. The van der Waals surface area contributed by atoms with Gasteiger partial charge in [0.05, 0.1) is 36.0 Å². The second-order valence-corrected chi connectivity index (χ2v) is 12.5. The van der Waals surface area contributed by atoms with Crippen molar-refractivity contribution in [2.75, 3.05) is 47.5 Å². The summed E-state index contributed by atoms with van der Waals surface area (Å²) in [6.45, 7) is 6.83. The first-order valence-electron chi connectivity index (χ1n) is 13.2. The van der Waals surface area contributed by atoms with E-state index >= 15 is 0 Å². The Labute approximate surface area is 224 Å². The van der Waals surface area contributed by atoms with E-state index in [1.165, 1.54) is 12.0 Å². The molecule has 2 fully saturated rings. The Morgan fingerprint density at radius 1 is 0.974 bits per heavy atom. The molecule has 38 heavy (non-hydrogen) atoms. The highest BCUT2D eigenvalue weighted by Crippen LogP contribution is 2.34. The van der Waals surface area contributed by atoms with Crippen LogP contribution in [0.2, 0.25) is 0 Å². The SMILES string of the molecule is Cc1ccc(C(NC(=O)Cc2ncc(N3CCS(=O)(=O)CC3)cn2)c2ccc(C)o2)c(N2CCCCC2)c1. The number of carbonyl (C=O) groups excluding carboxylic acids is 1. The van der Waals surface area contributed by atoms with Crippen molar-refractivity contribution in [3.8, 4) is 0 Å². The molecule has 10 heteroatoms. The summed E-state index contributed by atoms with van der Waals surface area (Å²) in [5, 5.41) is 3.18. The highest BCUT2D eigenvalue weighted by atomic mass is 32.2. The van der Waals surface area contributed by atoms with Crippen LogP contribution in [0.15, 0.2) is 47.1 Å². The van der Waals surface area contributed by atoms with Gasteiger partial charge in [-0.1, -0.05) is 12.1 Å². The molecule has 202 valence electrons. The Bertz CT molecular complexity index is 1370. The lowest BCUT2D eigenvalue weighted by molar-refractivity contribution is -0.121. The van der Waals surface area contributed by atoms with E-state index < -0.39 is 15.9 Å². The maximum atomic E-state index is 13.3. The number of benzene rings is 1. The quantitative estimate of drug-likeness (QED) is 0.489. The number of aromatic nitrogens is 2. The molecule has 0 spiro atoms. The molecule has 0 saturated carbocycles. The number of furan rings is 1. The minimum Gasteiger partial charge on any atom is -0.464 e. The zero-order valence-electron chi connectivity index (χ0n) is 22.0. The molecule has 2 aliphatic heterocycles. The first-order valence-corrected chi connectivity index (χ1v) is 15.1. The summed E-state index contributed by atoms with van der Waals surface area (Å²) in [7, 11) is -2.96. The van der Waals surface area contributed by atoms with E-state index in [9.17, 15) is 13.2 Å². The maximum Gasteiger partial charge on any atom is 0.228 e. The zero-order valence-corrected chi connectivity index (χ0v) is 22.8. The van der Waals surface area contributed by atoms with Crippen molar-refractivity contribution < 1.29 is 17.6 Å². The third kappa shape index (κ3) is 6.18. The number of hydrogen-bond acceptors (Lipinski definition) is 8. The summed E-state index contributed by atoms with van der Waals surface area (Å²) >= 11 is 0. The van der Waals surface area contributed by atoms with E-state index in [0.29, 0.717) is 24.7 Å². The number of nitrogens with zero attached hydrogens (tertiary/aromatic N) is 4. The van der Waals surface area contributed by atoms with Crippen molar-refractivity contribution in [1.29, 1.82) is 0 Å². The van der Waals surface area contributed by atoms with Crippen LogP contribution in [0.25, 0.3) is 0 Å². The van der Waals surface area contributed by atoms with Crippen molar-refractivity contribution in [3.63, 3.8) is 0 Å². The molecule has 1 unspecified atom stereocenters. The van der Waals surface area contributed by atoms with Crippen LogP contribution in [-0.2, 0) is 21.1 Å². The van der Waals surface area contributed by atoms with Gasteiger partial charge in [0.25, 0.3) is 0 Å². The number of hydrogen-bond donors (Lipinski definition) is 1. The summed E-state index contributed by atoms with van der Waals surface area (Å²) in [5.74, 6) is 1.94. The molecule has 0 bridgehead atoms. The van der Waals surface area contributed by atoms with Crippen molar-refractivity contribution in [3.05, 3.63) is 71.2 Å². The Hall–Kier alpha value is -3.40. The van der Waals surface area contributed by atoms with Crippen LogP contribution in [-0.4, -0.2) is 62.0 Å². The Kier molecular flexibility index (Phi) is 7.69. The lowest BCUT2D eigenvalue weighted by atomic mass is 9.98. The topological polar surface area (TPSA) is 109 Å². The number of amides is 1. The molecular weight excluding hydrogens is 502 g/mol. The van der Waals surface area contributed by atoms with Gasteiger partial charge < -0.3 is 19.5 Å². The first-order chi connectivity index (χ1) is 18.3. The highest BCUT2D eigenvalue weighted by Gasteiger charge is 2.26. The minimum atomic E-state index is -2.96. The largest absolute Gasteiger partial charge is 0.464 e. The zero-order chi connectivity index (χ0) is 26.7. The average Bonchev–Trinajstić information content (AvgIpc) is 3.34. The van der Waals surface area contributed by atoms with Gasteiger partial charge in [0, 0.05) is 37.4 Å². The van der Waals surface area contributed by atoms with E-state index in [0.717, 1.165) is 48.6 Å². The molecule has 1 aromatic carbocycles. The molecule has 2 saturated heterocycles. The summed E-state index contributed by atoms with van der Waals surface area (Å²) in [6.07, 6.45) is 6.90. The van der Waals surface area contributed by atoms with E-state index in [1.54, 1.807) is 12.4 Å². The fraction of sp³-hybridized carbons (Fsp3) is 0.464. The molecule has 2 aromatic heterocycles. The monoisotopic (exact) mass is 537 g/mol. The van der Waals surface area contributed by atoms with Crippen molar-refractivity contribution >= 4 is 27.1 Å². The second-order valence-electron chi connectivity index (χ2n) is 10.2. The van der Waals surface area contributed by atoms with E-state index in [4.69, 9.17) is 4.42 Å². The summed E-state index contributed by atoms with van der Waals surface area (Å²) in [5.41, 5.74) is 4.08. The van der Waals surface area contributed by atoms with Crippen LogP contribution in [0.3, 0.4) is 0 Å². The van der Waals surface area contributed by atoms with Crippen molar-refractivity contribution in [2.45, 2.75) is 45.6 Å². The smallest absolute Gasteiger partial charge is 0.228 e. The molecule has 1 N–H and O–H groups in total. The van der Waals surface area contributed by atoms with Gasteiger partial charge in [0.1, 0.15) is 23.4 Å². The predicted octanol–water partition coefficient (Wildman–Crippen LogP) is 3.36. The fourth-order valence-electron chi connectivity index (χ4n) is 5.15. The van der Waals surface area contributed by atoms with Crippen molar-refractivity contribution in [2.24, 2.45) is 0 Å². The van der Waals surface area contributed by atoms with Crippen LogP contribution in [0.4, 0.5) is 11.4 Å². The van der Waals surface area contributed by atoms with Crippen LogP contribution >= 0.6 is 0 Å². The summed E-state index contributed by atoms with van der Waals surface area (Å²) in [4.78, 5) is 26.4. The number of nitrogens with one attached hydrogen (secondary N) is 1. The van der Waals surface area contributed by atoms with Gasteiger partial charge in [0.15, 0.2) is 9.84 Å². The lowest BCUT2D eigenvalue weighted by Crippen LogP contribution is -2.40. The summed E-state index contributed by atoms with van der Waals surface area (Å²) in [6, 6.07) is 9.76. The van der Waals surface area contributed by atoms with Gasteiger partial charge in [-0.3, -0.25) is 4.79 Å². The van der Waals surface area contributed by atoms with Crippen LogP contribution in [0.5, 0.6) is 0 Å². The fourth-order valence-corrected chi connectivity index (χ4v) is 6.35. The first kappa shape index (κ1) is 26.2. The number of rotatable bonds is 7. The number of piperidine rings is 1. The average molecular weight is 538 g/mol.